The lowest BCUT2D eigenvalue weighted by Gasteiger charge is -2.37. The molecule has 0 saturated heterocycles. The Morgan fingerprint density at radius 3 is 1.89 bits per heavy atom. The number of allylic oxidation sites excluding steroid dienone is 3. The largest absolute Gasteiger partial charge is 0.309 e. The van der Waals surface area contributed by atoms with Crippen LogP contribution in [0.2, 0.25) is 0 Å². The number of hydrogen-bond acceptors (Lipinski definition) is 4. The number of thioether (sulfide) groups is 1. The third-order valence-electron chi connectivity index (χ3n) is 9.02. The van der Waals surface area contributed by atoms with E-state index in [4.69, 9.17) is 9.97 Å². The summed E-state index contributed by atoms with van der Waals surface area (Å²) in [6.45, 7) is 0. The van der Waals surface area contributed by atoms with E-state index < -0.39 is 0 Å². The zero-order valence-corrected chi connectivity index (χ0v) is 25.9. The first kappa shape index (κ1) is 26.9. The van der Waals surface area contributed by atoms with Gasteiger partial charge in [0.15, 0.2) is 0 Å². The van der Waals surface area contributed by atoms with E-state index in [2.05, 4.69) is 132 Å². The van der Waals surface area contributed by atoms with Crippen LogP contribution < -0.4 is 4.90 Å². The van der Waals surface area contributed by atoms with E-state index >= 15 is 0 Å². The highest BCUT2D eigenvalue weighted by atomic mass is 32.2. The zero-order valence-electron chi connectivity index (χ0n) is 25.1. The molecule has 0 radical (unpaired) electrons. The lowest BCUT2D eigenvalue weighted by atomic mass is 9.93. The molecule has 0 spiro atoms. The monoisotopic (exact) mass is 607 g/mol. The summed E-state index contributed by atoms with van der Waals surface area (Å²) in [5.74, 6) is 0. The van der Waals surface area contributed by atoms with Crippen molar-refractivity contribution >= 4 is 44.9 Å². The summed E-state index contributed by atoms with van der Waals surface area (Å²) >= 11 is 1.86. The van der Waals surface area contributed by atoms with Gasteiger partial charge in [0.1, 0.15) is 0 Å². The van der Waals surface area contributed by atoms with Gasteiger partial charge in [-0.3, -0.25) is 9.97 Å². The first-order valence-corrected chi connectivity index (χ1v) is 16.5. The lowest BCUT2D eigenvalue weighted by Crippen LogP contribution is -2.23. The van der Waals surface area contributed by atoms with Crippen LogP contribution in [0.25, 0.3) is 55.2 Å². The highest BCUT2D eigenvalue weighted by Gasteiger charge is 2.31. The number of fused-ring (bicyclic) bond motifs is 3. The molecule has 5 aromatic carbocycles. The van der Waals surface area contributed by atoms with Gasteiger partial charge in [0.2, 0.25) is 0 Å². The molecule has 2 aromatic heterocycles. The standard InChI is InChI=1S/C42H29N3S/c1-2-10-28(11-3-1)29-18-20-30(21-19-29)31-22-24-32(25-23-31)39-33-12-8-27-44-41(33)42(34-13-9-26-43-40(34)39)45-35-14-4-6-16-37(35)46-38-17-7-5-15-36(38)45/h1-4,6-14,16-27H,5,15H2. The van der Waals surface area contributed by atoms with Crippen molar-refractivity contribution in [1.82, 2.24) is 9.97 Å². The molecular formula is C42H29N3S. The van der Waals surface area contributed by atoms with E-state index in [1.54, 1.807) is 0 Å². The number of aromatic nitrogens is 2. The van der Waals surface area contributed by atoms with Crippen LogP contribution in [-0.2, 0) is 0 Å². The van der Waals surface area contributed by atoms with Gasteiger partial charge in [-0.1, -0.05) is 121 Å². The summed E-state index contributed by atoms with van der Waals surface area (Å²) in [7, 11) is 0. The predicted octanol–water partition coefficient (Wildman–Crippen LogP) is 11.6. The summed E-state index contributed by atoms with van der Waals surface area (Å²) < 4.78 is 0. The average molecular weight is 608 g/mol. The molecule has 4 heteroatoms. The first-order chi connectivity index (χ1) is 22.8. The molecule has 218 valence electrons. The molecule has 0 atom stereocenters. The van der Waals surface area contributed by atoms with Crippen molar-refractivity contribution in [1.29, 1.82) is 0 Å². The minimum absolute atomic E-state index is 0.985. The lowest BCUT2D eigenvalue weighted by molar-refractivity contribution is 0.906. The van der Waals surface area contributed by atoms with Crippen molar-refractivity contribution in [2.45, 2.75) is 17.7 Å². The van der Waals surface area contributed by atoms with Crippen LogP contribution >= 0.6 is 11.8 Å². The maximum absolute atomic E-state index is 5.08. The van der Waals surface area contributed by atoms with Crippen molar-refractivity contribution in [3.63, 3.8) is 0 Å². The molecule has 9 rings (SSSR count). The van der Waals surface area contributed by atoms with E-state index in [-0.39, 0.29) is 0 Å². The molecule has 3 nitrogen and oxygen atoms in total. The first-order valence-electron chi connectivity index (χ1n) is 15.7. The van der Waals surface area contributed by atoms with Crippen LogP contribution in [0.4, 0.5) is 11.4 Å². The van der Waals surface area contributed by atoms with Gasteiger partial charge in [-0.2, -0.15) is 0 Å². The zero-order chi connectivity index (χ0) is 30.5. The fourth-order valence-corrected chi connectivity index (χ4v) is 8.00. The van der Waals surface area contributed by atoms with E-state index in [1.807, 2.05) is 36.3 Å². The number of nitrogens with zero attached hydrogens (tertiary/aromatic N) is 3. The quantitative estimate of drug-likeness (QED) is 0.186. The van der Waals surface area contributed by atoms with Crippen molar-refractivity contribution in [2.75, 3.05) is 4.90 Å². The van der Waals surface area contributed by atoms with Gasteiger partial charge in [0.25, 0.3) is 0 Å². The van der Waals surface area contributed by atoms with E-state index in [1.165, 1.54) is 43.4 Å². The Hall–Kier alpha value is -5.45. The predicted molar refractivity (Wildman–Crippen MR) is 193 cm³/mol. The maximum atomic E-state index is 5.08. The van der Waals surface area contributed by atoms with Crippen LogP contribution in [0.5, 0.6) is 0 Å². The molecule has 3 heterocycles. The Bertz CT molecular complexity index is 2260. The fourth-order valence-electron chi connectivity index (χ4n) is 6.87. The van der Waals surface area contributed by atoms with Gasteiger partial charge >= 0.3 is 0 Å². The minimum Gasteiger partial charge on any atom is -0.309 e. The molecule has 0 amide bonds. The van der Waals surface area contributed by atoms with Crippen LogP contribution in [-0.4, -0.2) is 9.97 Å². The molecule has 0 fully saturated rings. The summed E-state index contributed by atoms with van der Waals surface area (Å²) in [5, 5.41) is 2.21. The molecule has 7 aromatic rings. The minimum atomic E-state index is 0.985. The highest BCUT2D eigenvalue weighted by molar-refractivity contribution is 8.03. The third-order valence-corrected chi connectivity index (χ3v) is 10.2. The summed E-state index contributed by atoms with van der Waals surface area (Å²) in [4.78, 5) is 15.2. The Kier molecular flexibility index (Phi) is 6.53. The fraction of sp³-hybridized carbons (Fsp3) is 0.0476. The van der Waals surface area contributed by atoms with E-state index in [0.29, 0.717) is 0 Å². The van der Waals surface area contributed by atoms with E-state index in [0.717, 1.165) is 51.5 Å². The molecule has 0 N–H and O–H groups in total. The highest BCUT2D eigenvalue weighted by Crippen LogP contribution is 2.53. The molecule has 0 bridgehead atoms. The SMILES string of the molecule is C1=CC2=C(CC1)N(c1c3cccnc3c(-c3ccc(-c4ccc(-c5ccccc5)cc4)cc3)c3cccnc13)c1ccccc1S2. The van der Waals surface area contributed by atoms with Crippen LogP contribution in [0.15, 0.2) is 167 Å². The molecule has 1 aliphatic heterocycles. The van der Waals surface area contributed by atoms with Gasteiger partial charge < -0.3 is 4.90 Å². The second-order valence-electron chi connectivity index (χ2n) is 11.7. The van der Waals surface area contributed by atoms with Crippen LogP contribution in [0, 0.1) is 0 Å². The number of benzene rings is 5. The Morgan fingerprint density at radius 1 is 0.543 bits per heavy atom. The van der Waals surface area contributed by atoms with Gasteiger partial charge in [0, 0.05) is 44.2 Å². The number of para-hydroxylation sites is 1. The number of anilines is 2. The second-order valence-corrected chi connectivity index (χ2v) is 12.8. The number of rotatable bonds is 4. The smallest absolute Gasteiger partial charge is 0.0956 e. The molecular weight excluding hydrogens is 579 g/mol. The van der Waals surface area contributed by atoms with Gasteiger partial charge in [-0.25, -0.2) is 0 Å². The topological polar surface area (TPSA) is 29.0 Å². The average Bonchev–Trinajstić information content (AvgIpc) is 3.13. The molecule has 46 heavy (non-hydrogen) atoms. The molecule has 1 aliphatic carbocycles. The number of pyridine rings is 2. The van der Waals surface area contributed by atoms with Crippen molar-refractivity contribution in [2.24, 2.45) is 0 Å². The van der Waals surface area contributed by atoms with Crippen LogP contribution in [0.1, 0.15) is 12.8 Å². The maximum Gasteiger partial charge on any atom is 0.0956 e. The second kappa shape index (κ2) is 11.2. The molecule has 0 unspecified atom stereocenters. The number of hydrogen-bond donors (Lipinski definition) is 0. The Balaban J connectivity index is 1.20. The van der Waals surface area contributed by atoms with Crippen molar-refractivity contribution < 1.29 is 0 Å². The van der Waals surface area contributed by atoms with Gasteiger partial charge in [-0.05, 0) is 71.0 Å². The van der Waals surface area contributed by atoms with Crippen molar-refractivity contribution in [3.8, 4) is 33.4 Å². The van der Waals surface area contributed by atoms with Crippen molar-refractivity contribution in [3.05, 3.63) is 163 Å². The molecule has 2 aliphatic rings. The summed E-state index contributed by atoms with van der Waals surface area (Å²) in [6.07, 6.45) is 10.4. The Morgan fingerprint density at radius 2 is 1.15 bits per heavy atom. The van der Waals surface area contributed by atoms with E-state index in [9.17, 15) is 0 Å². The van der Waals surface area contributed by atoms with Gasteiger partial charge in [-0.15, -0.1) is 0 Å². The van der Waals surface area contributed by atoms with Gasteiger partial charge in [0.05, 0.1) is 22.4 Å². The summed E-state index contributed by atoms with van der Waals surface area (Å²) in [5.41, 5.74) is 12.7. The third kappa shape index (κ3) is 4.45. The Labute approximate surface area is 272 Å². The van der Waals surface area contributed by atoms with Crippen LogP contribution in [0.3, 0.4) is 0 Å². The summed E-state index contributed by atoms with van der Waals surface area (Å²) in [6, 6.07) is 45.5. The normalized spacial score (nSPS) is 14.0. The molecule has 0 saturated carbocycles.